The Morgan fingerprint density at radius 3 is 2.70 bits per heavy atom. The van der Waals surface area contributed by atoms with Gasteiger partial charge in [-0.3, -0.25) is 4.79 Å². The molecule has 0 aromatic heterocycles. The number of hydrogen-bond donors (Lipinski definition) is 1. The Morgan fingerprint density at radius 1 is 1.37 bits per heavy atom. The molecule has 1 heterocycles. The van der Waals surface area contributed by atoms with Crippen molar-refractivity contribution in [2.75, 3.05) is 13.1 Å². The molecule has 0 spiro atoms. The number of halogens is 5. The number of allylic oxidation sites excluding steroid dienone is 1. The summed E-state index contributed by atoms with van der Waals surface area (Å²) in [6.07, 6.45) is 0.598. The average molecular weight is 404 g/mol. The van der Waals surface area contributed by atoms with Gasteiger partial charge in [-0.1, -0.05) is 30.5 Å². The number of carbonyl (C=O) groups is 1. The van der Waals surface area contributed by atoms with Crippen molar-refractivity contribution in [1.29, 1.82) is 0 Å². The van der Waals surface area contributed by atoms with E-state index in [0.29, 0.717) is 5.92 Å². The number of carbonyl (C=O) groups excluding carboxylic acids is 1. The van der Waals surface area contributed by atoms with Crippen LogP contribution in [0.2, 0.25) is 5.02 Å². The predicted molar refractivity (Wildman–Crippen MR) is 94.2 cm³/mol. The van der Waals surface area contributed by atoms with Crippen molar-refractivity contribution in [2.24, 2.45) is 10.9 Å². The number of nitrogens with one attached hydrogen (secondary N) is 1. The minimum absolute atomic E-state index is 0.0217. The maximum Gasteiger partial charge on any atom is 0.433 e. The Bertz CT molecular complexity index is 774. The number of aliphatic imine (C=N–C) groups is 1. The van der Waals surface area contributed by atoms with E-state index in [-0.39, 0.29) is 29.7 Å². The van der Waals surface area contributed by atoms with Gasteiger partial charge in [0.1, 0.15) is 11.5 Å². The van der Waals surface area contributed by atoms with Crippen LogP contribution in [0.4, 0.5) is 17.6 Å². The molecule has 1 aliphatic heterocycles. The lowest BCUT2D eigenvalue weighted by molar-refractivity contribution is -0.0930. The van der Waals surface area contributed by atoms with Crippen LogP contribution in [-0.2, 0) is 0 Å². The van der Waals surface area contributed by atoms with E-state index in [2.05, 4.69) is 10.3 Å². The Kier molecular flexibility index (Phi) is 5.74. The molecule has 27 heavy (non-hydrogen) atoms. The zero-order valence-corrected chi connectivity index (χ0v) is 15.0. The van der Waals surface area contributed by atoms with Gasteiger partial charge < -0.3 is 10.2 Å². The zero-order valence-electron chi connectivity index (χ0n) is 14.3. The predicted octanol–water partition coefficient (Wildman–Crippen LogP) is 4.17. The van der Waals surface area contributed by atoms with Gasteiger partial charge in [0.05, 0.1) is 16.9 Å². The van der Waals surface area contributed by atoms with E-state index >= 15 is 0 Å². The maximum absolute atomic E-state index is 13.5. The van der Waals surface area contributed by atoms with E-state index < -0.39 is 23.6 Å². The van der Waals surface area contributed by atoms with E-state index in [9.17, 15) is 22.4 Å². The monoisotopic (exact) mass is 403 g/mol. The highest BCUT2D eigenvalue weighted by molar-refractivity contribution is 6.34. The highest BCUT2D eigenvalue weighted by Gasteiger charge is 2.36. The second-order valence-electron chi connectivity index (χ2n) is 6.67. The van der Waals surface area contributed by atoms with Gasteiger partial charge in [0.15, 0.2) is 0 Å². The molecule has 4 nitrogen and oxygen atoms in total. The molecular weight excluding hydrogens is 386 g/mol. The molecule has 2 aliphatic rings. The van der Waals surface area contributed by atoms with Crippen molar-refractivity contribution in [1.82, 2.24) is 10.2 Å². The molecular formula is C18H18ClF4N3O. The molecule has 0 bridgehead atoms. The summed E-state index contributed by atoms with van der Waals surface area (Å²) in [5.74, 6) is -0.723. The second-order valence-corrected chi connectivity index (χ2v) is 7.05. The summed E-state index contributed by atoms with van der Waals surface area (Å²) >= 11 is 5.82. The van der Waals surface area contributed by atoms with Crippen LogP contribution in [0.15, 0.2) is 35.0 Å². The van der Waals surface area contributed by atoms with Gasteiger partial charge in [0.25, 0.3) is 5.91 Å². The number of alkyl halides is 3. The first-order valence-corrected chi connectivity index (χ1v) is 8.93. The SMILES string of the molecule is O=C(NCC(CC1CC1)N1C=NC(C(F)(F)F)=CC1)c1cccc(F)c1Cl. The van der Waals surface area contributed by atoms with Gasteiger partial charge >= 0.3 is 6.18 Å². The van der Waals surface area contributed by atoms with Gasteiger partial charge in [-0.15, -0.1) is 0 Å². The topological polar surface area (TPSA) is 44.7 Å². The quantitative estimate of drug-likeness (QED) is 0.725. The van der Waals surface area contributed by atoms with Crippen molar-refractivity contribution in [3.63, 3.8) is 0 Å². The van der Waals surface area contributed by atoms with Crippen molar-refractivity contribution < 1.29 is 22.4 Å². The fraction of sp³-hybridized carbons (Fsp3) is 0.444. The van der Waals surface area contributed by atoms with Crippen molar-refractivity contribution in [3.8, 4) is 0 Å². The lowest BCUT2D eigenvalue weighted by Crippen LogP contribution is -2.45. The van der Waals surface area contributed by atoms with Crippen LogP contribution < -0.4 is 5.32 Å². The third-order valence-electron chi connectivity index (χ3n) is 4.60. The molecule has 146 valence electrons. The van der Waals surface area contributed by atoms with Crippen molar-refractivity contribution in [3.05, 3.63) is 46.4 Å². The first-order chi connectivity index (χ1) is 12.8. The summed E-state index contributed by atoms with van der Waals surface area (Å²) in [6.45, 7) is 0.260. The van der Waals surface area contributed by atoms with Crippen LogP contribution in [0.5, 0.6) is 0 Å². The van der Waals surface area contributed by atoms with Gasteiger partial charge in [0, 0.05) is 19.1 Å². The summed E-state index contributed by atoms with van der Waals surface area (Å²) < 4.78 is 51.6. The highest BCUT2D eigenvalue weighted by atomic mass is 35.5. The highest BCUT2D eigenvalue weighted by Crippen LogP contribution is 2.35. The van der Waals surface area contributed by atoms with Gasteiger partial charge in [-0.25, -0.2) is 9.38 Å². The molecule has 1 fully saturated rings. The van der Waals surface area contributed by atoms with Crippen LogP contribution in [-0.4, -0.2) is 42.5 Å². The number of hydrogen-bond acceptors (Lipinski definition) is 3. The fourth-order valence-electron chi connectivity index (χ4n) is 2.92. The largest absolute Gasteiger partial charge is 0.433 e. The van der Waals surface area contributed by atoms with Crippen LogP contribution in [0.1, 0.15) is 29.6 Å². The normalized spacial score (nSPS) is 18.3. The molecule has 1 atom stereocenters. The van der Waals surface area contributed by atoms with E-state index in [1.807, 2.05) is 0 Å². The van der Waals surface area contributed by atoms with Gasteiger partial charge in [-0.2, -0.15) is 13.2 Å². The molecule has 1 unspecified atom stereocenters. The minimum atomic E-state index is -4.48. The van der Waals surface area contributed by atoms with Crippen molar-refractivity contribution >= 4 is 23.8 Å². The third kappa shape index (κ3) is 5.00. The number of nitrogens with zero attached hydrogens (tertiary/aromatic N) is 2. The van der Waals surface area contributed by atoms with Crippen LogP contribution in [0, 0.1) is 11.7 Å². The molecule has 1 aromatic carbocycles. The maximum atomic E-state index is 13.5. The smallest absolute Gasteiger partial charge is 0.354 e. The summed E-state index contributed by atoms with van der Waals surface area (Å²) in [5.41, 5.74) is -0.895. The van der Waals surface area contributed by atoms with E-state index in [0.717, 1.165) is 31.4 Å². The Hall–Kier alpha value is -2.09. The Balaban J connectivity index is 1.64. The molecule has 1 saturated carbocycles. The summed E-state index contributed by atoms with van der Waals surface area (Å²) in [6, 6.07) is 3.75. The zero-order chi connectivity index (χ0) is 19.6. The Labute approximate surface area is 158 Å². The average Bonchev–Trinajstić information content (AvgIpc) is 3.44. The lowest BCUT2D eigenvalue weighted by Gasteiger charge is -2.31. The lowest BCUT2D eigenvalue weighted by atomic mass is 10.1. The molecule has 3 rings (SSSR count). The van der Waals surface area contributed by atoms with E-state index in [1.165, 1.54) is 18.5 Å². The first-order valence-electron chi connectivity index (χ1n) is 8.55. The molecule has 0 saturated heterocycles. The number of benzene rings is 1. The molecule has 1 amide bonds. The molecule has 1 N–H and O–H groups in total. The minimum Gasteiger partial charge on any atom is -0.354 e. The third-order valence-corrected chi connectivity index (χ3v) is 4.98. The molecule has 9 heteroatoms. The fourth-order valence-corrected chi connectivity index (χ4v) is 3.13. The van der Waals surface area contributed by atoms with Gasteiger partial charge in [-0.05, 0) is 30.5 Å². The first kappa shape index (κ1) is 19.7. The second kappa shape index (κ2) is 7.88. The van der Waals surface area contributed by atoms with Crippen LogP contribution in [0.25, 0.3) is 0 Å². The molecule has 0 radical (unpaired) electrons. The summed E-state index contributed by atoms with van der Waals surface area (Å²) in [7, 11) is 0. The van der Waals surface area contributed by atoms with Gasteiger partial charge in [0.2, 0.25) is 0 Å². The molecule has 1 aromatic rings. The summed E-state index contributed by atoms with van der Waals surface area (Å²) in [5, 5.41) is 2.44. The van der Waals surface area contributed by atoms with E-state index in [1.54, 1.807) is 4.90 Å². The van der Waals surface area contributed by atoms with Crippen LogP contribution in [0.3, 0.4) is 0 Å². The molecule has 1 aliphatic carbocycles. The van der Waals surface area contributed by atoms with E-state index in [4.69, 9.17) is 11.6 Å². The number of rotatable bonds is 6. The summed E-state index contributed by atoms with van der Waals surface area (Å²) in [4.78, 5) is 17.5. The van der Waals surface area contributed by atoms with Crippen LogP contribution >= 0.6 is 11.6 Å². The standard InChI is InChI=1S/C18H18ClF4N3O/c19-16-13(2-1-3-14(16)20)17(27)24-9-12(8-11-4-5-11)26-7-6-15(25-10-26)18(21,22)23/h1-3,6,10-12H,4-5,7-9H2,(H,24,27). The Morgan fingerprint density at radius 2 is 2.11 bits per heavy atom. The van der Waals surface area contributed by atoms with Crippen molar-refractivity contribution in [2.45, 2.75) is 31.5 Å². The number of amides is 1.